The molecule has 0 rings (SSSR count). The van der Waals surface area contributed by atoms with Crippen LogP contribution in [0.3, 0.4) is 0 Å². The van der Waals surface area contributed by atoms with Crippen LogP contribution in [0.5, 0.6) is 0 Å². The summed E-state index contributed by atoms with van der Waals surface area (Å²) in [5.74, 6) is 0. The molecular weight excluding hydrogens is 163 g/mol. The van der Waals surface area contributed by atoms with E-state index in [-0.39, 0.29) is 6.42 Å². The monoisotopic (exact) mass is 166 g/mol. The molecule has 4 heteroatoms. The fourth-order valence-electron chi connectivity index (χ4n) is 0.244. The molecule has 0 heterocycles. The van der Waals surface area contributed by atoms with Crippen molar-refractivity contribution < 1.29 is 9.59 Å². The molecule has 0 atom stereocenters. The zero-order valence-electron chi connectivity index (χ0n) is 4.43. The van der Waals surface area contributed by atoms with E-state index < -0.39 is 10.5 Å². The first kappa shape index (κ1) is 8.66. The summed E-state index contributed by atoms with van der Waals surface area (Å²) in [4.78, 5) is 19.9. The van der Waals surface area contributed by atoms with Crippen molar-refractivity contribution in [2.24, 2.45) is 0 Å². The van der Waals surface area contributed by atoms with Crippen molar-refractivity contribution in [3.05, 3.63) is 12.2 Å². The molecule has 2 nitrogen and oxygen atoms in total. The smallest absolute Gasteiger partial charge is 0.244 e. The Morgan fingerprint density at radius 2 is 1.89 bits per heavy atom. The number of allylic oxidation sites excluding steroid dienone is 2. The first-order valence-electron chi connectivity index (χ1n) is 2.17. The van der Waals surface area contributed by atoms with Crippen molar-refractivity contribution in [1.29, 1.82) is 0 Å². The van der Waals surface area contributed by atoms with Gasteiger partial charge in [0.2, 0.25) is 10.5 Å². The molecule has 0 radical (unpaired) electrons. The number of hydrogen-bond donors (Lipinski definition) is 0. The van der Waals surface area contributed by atoms with Gasteiger partial charge in [-0.05, 0) is 29.3 Å². The van der Waals surface area contributed by atoms with Crippen molar-refractivity contribution >= 4 is 33.7 Å². The first-order chi connectivity index (χ1) is 4.13. The fourth-order valence-corrected chi connectivity index (χ4v) is 0.422. The molecular formula is C5H4Cl2O2. The minimum Gasteiger partial charge on any atom is -0.281 e. The molecule has 9 heavy (non-hydrogen) atoms. The molecule has 0 aliphatic heterocycles. The van der Waals surface area contributed by atoms with Gasteiger partial charge in [0.25, 0.3) is 0 Å². The van der Waals surface area contributed by atoms with E-state index in [0.717, 1.165) is 6.08 Å². The molecule has 0 bridgehead atoms. The summed E-state index contributed by atoms with van der Waals surface area (Å²) in [5, 5.41) is -1.11. The van der Waals surface area contributed by atoms with Gasteiger partial charge >= 0.3 is 0 Å². The molecule has 0 aliphatic rings. The van der Waals surface area contributed by atoms with E-state index in [1.807, 2.05) is 0 Å². The first-order valence-corrected chi connectivity index (χ1v) is 2.93. The molecule has 0 fully saturated rings. The van der Waals surface area contributed by atoms with Crippen LogP contribution in [0.15, 0.2) is 12.2 Å². The molecule has 0 saturated carbocycles. The third-order valence-electron chi connectivity index (χ3n) is 0.527. The highest BCUT2D eigenvalue weighted by atomic mass is 35.5. The van der Waals surface area contributed by atoms with Gasteiger partial charge in [-0.2, -0.15) is 0 Å². The Morgan fingerprint density at radius 1 is 1.33 bits per heavy atom. The van der Waals surface area contributed by atoms with Crippen LogP contribution < -0.4 is 0 Å². The highest BCUT2D eigenvalue weighted by Gasteiger charge is 1.89. The second-order valence-corrected chi connectivity index (χ2v) is 2.06. The summed E-state index contributed by atoms with van der Waals surface area (Å²) in [5.41, 5.74) is 0. The molecule has 0 saturated heterocycles. The predicted molar refractivity (Wildman–Crippen MR) is 35.5 cm³/mol. The van der Waals surface area contributed by atoms with Crippen molar-refractivity contribution in [3.8, 4) is 0 Å². The zero-order valence-corrected chi connectivity index (χ0v) is 5.95. The van der Waals surface area contributed by atoms with Crippen molar-refractivity contribution in [1.82, 2.24) is 0 Å². The van der Waals surface area contributed by atoms with Gasteiger partial charge in [0.15, 0.2) is 0 Å². The Morgan fingerprint density at radius 3 is 2.22 bits per heavy atom. The average molecular weight is 167 g/mol. The van der Waals surface area contributed by atoms with Gasteiger partial charge in [-0.15, -0.1) is 0 Å². The zero-order chi connectivity index (χ0) is 7.28. The molecule has 0 amide bonds. The maximum absolute atomic E-state index is 9.99. The third kappa shape index (κ3) is 7.66. The molecule has 50 valence electrons. The summed E-state index contributed by atoms with van der Waals surface area (Å²) in [6.07, 6.45) is 2.44. The average Bonchev–Trinajstić information content (AvgIpc) is 1.63. The Bertz CT molecular complexity index is 151. The second-order valence-electron chi connectivity index (χ2n) is 1.27. The second kappa shape index (κ2) is 4.53. The normalized spacial score (nSPS) is 10.0. The lowest BCUT2D eigenvalue weighted by Crippen LogP contribution is -1.81. The molecule has 0 aromatic heterocycles. The number of hydrogen-bond acceptors (Lipinski definition) is 2. The summed E-state index contributed by atoms with van der Waals surface area (Å²) in [6.45, 7) is 0. The summed E-state index contributed by atoms with van der Waals surface area (Å²) in [6, 6.07) is 0. The highest BCUT2D eigenvalue weighted by Crippen LogP contribution is 1.91. The third-order valence-corrected chi connectivity index (χ3v) is 0.808. The minimum atomic E-state index is -0.604. The van der Waals surface area contributed by atoms with Crippen LogP contribution in [0.4, 0.5) is 0 Å². The Kier molecular flexibility index (Phi) is 4.36. The predicted octanol–water partition coefficient (Wildman–Crippen LogP) is 1.46. The molecule has 0 spiro atoms. The van der Waals surface area contributed by atoms with Crippen LogP contribution in [-0.4, -0.2) is 10.5 Å². The van der Waals surface area contributed by atoms with Crippen molar-refractivity contribution in [2.45, 2.75) is 6.42 Å². The number of rotatable bonds is 3. The van der Waals surface area contributed by atoms with Gasteiger partial charge in [-0.3, -0.25) is 9.59 Å². The van der Waals surface area contributed by atoms with E-state index in [4.69, 9.17) is 23.2 Å². The van der Waals surface area contributed by atoms with Gasteiger partial charge < -0.3 is 0 Å². The molecule has 0 unspecified atom stereocenters. The Labute approximate surface area is 62.4 Å². The van der Waals surface area contributed by atoms with Gasteiger partial charge in [-0.25, -0.2) is 0 Å². The van der Waals surface area contributed by atoms with Gasteiger partial charge in [0, 0.05) is 6.42 Å². The van der Waals surface area contributed by atoms with Crippen LogP contribution in [0, 0.1) is 0 Å². The summed E-state index contributed by atoms with van der Waals surface area (Å²) >= 11 is 9.80. The van der Waals surface area contributed by atoms with Crippen LogP contribution in [0.1, 0.15) is 6.42 Å². The van der Waals surface area contributed by atoms with E-state index in [9.17, 15) is 9.59 Å². The van der Waals surface area contributed by atoms with Crippen LogP contribution in [0.25, 0.3) is 0 Å². The maximum atomic E-state index is 9.99. The van der Waals surface area contributed by atoms with Crippen molar-refractivity contribution in [3.63, 3.8) is 0 Å². The topological polar surface area (TPSA) is 34.1 Å². The van der Waals surface area contributed by atoms with E-state index >= 15 is 0 Å². The lowest BCUT2D eigenvalue weighted by Gasteiger charge is -1.77. The van der Waals surface area contributed by atoms with Crippen LogP contribution in [-0.2, 0) is 9.59 Å². The summed E-state index contributed by atoms with van der Waals surface area (Å²) in [7, 11) is 0. The quantitative estimate of drug-likeness (QED) is 0.471. The number of carbonyl (C=O) groups is 2. The maximum Gasteiger partial charge on any atom is 0.244 e. The number of halogens is 2. The van der Waals surface area contributed by atoms with Gasteiger partial charge in [-0.1, -0.05) is 6.08 Å². The number of carbonyl (C=O) groups excluding carboxylic acids is 2. The molecule has 0 aliphatic carbocycles. The standard InChI is InChI=1S/C5H4Cl2O2/c6-4(8)2-1-3-5(7)9/h1-2H,3H2/b2-1+. The van der Waals surface area contributed by atoms with Crippen molar-refractivity contribution in [2.75, 3.05) is 0 Å². The molecule has 0 aromatic carbocycles. The van der Waals surface area contributed by atoms with Crippen LogP contribution in [0.2, 0.25) is 0 Å². The molecule has 0 N–H and O–H groups in total. The largest absolute Gasteiger partial charge is 0.281 e. The highest BCUT2D eigenvalue weighted by molar-refractivity contribution is 6.66. The fraction of sp³-hybridized carbons (Fsp3) is 0.200. The van der Waals surface area contributed by atoms with Gasteiger partial charge in [0.1, 0.15) is 0 Å². The van der Waals surface area contributed by atoms with Crippen LogP contribution >= 0.6 is 23.2 Å². The summed E-state index contributed by atoms with van der Waals surface area (Å²) < 4.78 is 0. The van der Waals surface area contributed by atoms with E-state index in [2.05, 4.69) is 0 Å². The van der Waals surface area contributed by atoms with E-state index in [0.29, 0.717) is 0 Å². The lowest BCUT2D eigenvalue weighted by molar-refractivity contribution is -0.110. The molecule has 0 aromatic rings. The Balaban J connectivity index is 3.48. The lowest BCUT2D eigenvalue weighted by atomic mass is 10.4. The Hall–Kier alpha value is -0.340. The van der Waals surface area contributed by atoms with E-state index in [1.54, 1.807) is 0 Å². The minimum absolute atomic E-state index is 0.0417. The van der Waals surface area contributed by atoms with E-state index in [1.165, 1.54) is 6.08 Å². The SMILES string of the molecule is O=C(Cl)/C=C/CC(=O)Cl. The van der Waals surface area contributed by atoms with Gasteiger partial charge in [0.05, 0.1) is 0 Å².